The summed E-state index contributed by atoms with van der Waals surface area (Å²) in [7, 11) is 4.04. The predicted molar refractivity (Wildman–Crippen MR) is 63.4 cm³/mol. The number of hydrogen-bond acceptors (Lipinski definition) is 3. The first kappa shape index (κ1) is 12.1. The number of ketones is 1. The van der Waals surface area contributed by atoms with Gasteiger partial charge in [-0.25, -0.2) is 0 Å². The van der Waals surface area contributed by atoms with Crippen LogP contribution in [0.2, 0.25) is 0 Å². The molecule has 1 unspecified atom stereocenters. The zero-order chi connectivity index (χ0) is 11.6. The molecule has 16 heavy (non-hydrogen) atoms. The third-order valence-electron chi connectivity index (χ3n) is 4.02. The van der Waals surface area contributed by atoms with Gasteiger partial charge in [-0.2, -0.15) is 0 Å². The highest BCUT2D eigenvalue weighted by Gasteiger charge is 2.43. The lowest BCUT2D eigenvalue weighted by atomic mass is 9.71. The lowest BCUT2D eigenvalue weighted by molar-refractivity contribution is -0.155. The average Bonchev–Trinajstić information content (AvgIpc) is 2.24. The van der Waals surface area contributed by atoms with E-state index in [-0.39, 0.29) is 11.5 Å². The van der Waals surface area contributed by atoms with E-state index in [4.69, 9.17) is 4.74 Å². The predicted octanol–water partition coefficient (Wildman–Crippen LogP) is 1.86. The molecule has 2 rings (SSSR count). The van der Waals surface area contributed by atoms with Gasteiger partial charge in [0.05, 0.1) is 5.60 Å². The van der Waals surface area contributed by atoms with Crippen LogP contribution in [0.5, 0.6) is 0 Å². The van der Waals surface area contributed by atoms with Gasteiger partial charge >= 0.3 is 0 Å². The number of Topliss-reactive ketones (excluding diaryl/α,β-unsaturated/α-hetero) is 1. The van der Waals surface area contributed by atoms with Crippen LogP contribution in [0.1, 0.15) is 38.5 Å². The van der Waals surface area contributed by atoms with Crippen molar-refractivity contribution < 1.29 is 9.53 Å². The largest absolute Gasteiger partial charge is 0.375 e. The summed E-state index contributed by atoms with van der Waals surface area (Å²) in [4.78, 5) is 14.1. The Bertz CT molecular complexity index is 259. The fourth-order valence-corrected chi connectivity index (χ4v) is 2.76. The number of ether oxygens (including phenoxy) is 1. The average molecular weight is 225 g/mol. The van der Waals surface area contributed by atoms with Crippen LogP contribution in [0.15, 0.2) is 0 Å². The molecule has 0 bridgehead atoms. The molecule has 0 aromatic rings. The molecule has 0 aromatic carbocycles. The van der Waals surface area contributed by atoms with Gasteiger partial charge in [0.1, 0.15) is 5.78 Å². The van der Waals surface area contributed by atoms with Gasteiger partial charge in [-0.1, -0.05) is 0 Å². The van der Waals surface area contributed by atoms with Crippen LogP contribution in [0, 0.1) is 5.92 Å². The van der Waals surface area contributed by atoms with Crippen molar-refractivity contribution in [2.24, 2.45) is 5.92 Å². The standard InChI is InChI=1S/C13H23NO2/c1-14(2)8-4-12(15)11-5-9-16-13(10-11)6-3-7-13/h11H,3-10H2,1-2H3. The summed E-state index contributed by atoms with van der Waals surface area (Å²) in [6.45, 7) is 1.67. The molecule has 1 heterocycles. The fraction of sp³-hybridized carbons (Fsp3) is 0.923. The summed E-state index contributed by atoms with van der Waals surface area (Å²) < 4.78 is 5.84. The van der Waals surface area contributed by atoms with Crippen LogP contribution in [0.25, 0.3) is 0 Å². The van der Waals surface area contributed by atoms with Gasteiger partial charge in [-0.3, -0.25) is 4.79 Å². The molecule has 2 aliphatic rings. The van der Waals surface area contributed by atoms with Crippen LogP contribution >= 0.6 is 0 Å². The van der Waals surface area contributed by atoms with Gasteiger partial charge < -0.3 is 9.64 Å². The Hall–Kier alpha value is -0.410. The number of nitrogens with zero attached hydrogens (tertiary/aromatic N) is 1. The topological polar surface area (TPSA) is 29.5 Å². The molecule has 0 aromatic heterocycles. The molecule has 3 heteroatoms. The Balaban J connectivity index is 1.82. The van der Waals surface area contributed by atoms with E-state index < -0.39 is 0 Å². The number of hydrogen-bond donors (Lipinski definition) is 0. The molecule has 3 nitrogen and oxygen atoms in total. The Kier molecular flexibility index (Phi) is 3.65. The second kappa shape index (κ2) is 4.84. The van der Waals surface area contributed by atoms with E-state index in [0.717, 1.165) is 26.0 Å². The van der Waals surface area contributed by atoms with Crippen LogP contribution in [0.4, 0.5) is 0 Å². The van der Waals surface area contributed by atoms with Crippen molar-refractivity contribution >= 4 is 5.78 Å². The molecule has 1 spiro atoms. The smallest absolute Gasteiger partial charge is 0.137 e. The third kappa shape index (κ3) is 2.64. The van der Waals surface area contributed by atoms with Crippen molar-refractivity contribution in [2.75, 3.05) is 27.2 Å². The van der Waals surface area contributed by atoms with Crippen LogP contribution in [-0.2, 0) is 9.53 Å². The van der Waals surface area contributed by atoms with E-state index in [2.05, 4.69) is 4.90 Å². The molecule has 1 atom stereocenters. The first-order valence-electron chi connectivity index (χ1n) is 6.43. The summed E-state index contributed by atoms with van der Waals surface area (Å²) >= 11 is 0. The quantitative estimate of drug-likeness (QED) is 0.731. The zero-order valence-corrected chi connectivity index (χ0v) is 10.5. The molecule has 0 radical (unpaired) electrons. The first-order chi connectivity index (χ1) is 7.61. The second-order valence-electron chi connectivity index (χ2n) is 5.59. The Morgan fingerprint density at radius 1 is 1.44 bits per heavy atom. The molecule has 1 aliphatic carbocycles. The maximum atomic E-state index is 12.0. The van der Waals surface area contributed by atoms with Crippen molar-refractivity contribution in [3.05, 3.63) is 0 Å². The van der Waals surface area contributed by atoms with Crippen molar-refractivity contribution in [1.82, 2.24) is 4.90 Å². The number of carbonyl (C=O) groups excluding carboxylic acids is 1. The van der Waals surface area contributed by atoms with E-state index in [9.17, 15) is 4.79 Å². The van der Waals surface area contributed by atoms with Crippen LogP contribution < -0.4 is 0 Å². The number of carbonyl (C=O) groups is 1. The molecule has 92 valence electrons. The van der Waals surface area contributed by atoms with Gasteiger partial charge in [-0.05, 0) is 46.2 Å². The van der Waals surface area contributed by atoms with Gasteiger partial charge in [0.15, 0.2) is 0 Å². The fourth-order valence-electron chi connectivity index (χ4n) is 2.76. The highest BCUT2D eigenvalue weighted by molar-refractivity contribution is 5.81. The van der Waals surface area contributed by atoms with Gasteiger partial charge in [0, 0.05) is 25.5 Å². The third-order valence-corrected chi connectivity index (χ3v) is 4.02. The van der Waals surface area contributed by atoms with E-state index in [1.165, 1.54) is 19.3 Å². The van der Waals surface area contributed by atoms with E-state index in [1.807, 2.05) is 14.1 Å². The molecular weight excluding hydrogens is 202 g/mol. The lowest BCUT2D eigenvalue weighted by Gasteiger charge is -2.46. The molecule has 1 saturated heterocycles. The summed E-state index contributed by atoms with van der Waals surface area (Å²) in [5.74, 6) is 0.720. The normalized spacial score (nSPS) is 28.1. The minimum Gasteiger partial charge on any atom is -0.375 e. The Morgan fingerprint density at radius 3 is 2.75 bits per heavy atom. The van der Waals surface area contributed by atoms with Crippen molar-refractivity contribution in [3.8, 4) is 0 Å². The monoisotopic (exact) mass is 225 g/mol. The van der Waals surface area contributed by atoms with Gasteiger partial charge in [-0.15, -0.1) is 0 Å². The summed E-state index contributed by atoms with van der Waals surface area (Å²) in [6, 6.07) is 0. The number of rotatable bonds is 4. The van der Waals surface area contributed by atoms with Crippen molar-refractivity contribution in [3.63, 3.8) is 0 Å². The minimum atomic E-state index is 0.108. The lowest BCUT2D eigenvalue weighted by Crippen LogP contribution is -2.47. The first-order valence-corrected chi connectivity index (χ1v) is 6.43. The molecule has 1 saturated carbocycles. The molecule has 0 amide bonds. The van der Waals surface area contributed by atoms with Crippen LogP contribution in [0.3, 0.4) is 0 Å². The highest BCUT2D eigenvalue weighted by Crippen LogP contribution is 2.44. The van der Waals surface area contributed by atoms with E-state index >= 15 is 0 Å². The van der Waals surface area contributed by atoms with Crippen molar-refractivity contribution in [2.45, 2.75) is 44.1 Å². The van der Waals surface area contributed by atoms with Crippen LogP contribution in [-0.4, -0.2) is 43.5 Å². The van der Waals surface area contributed by atoms with Gasteiger partial charge in [0.2, 0.25) is 0 Å². The molecule has 2 fully saturated rings. The summed E-state index contributed by atoms with van der Waals surface area (Å²) in [6.07, 6.45) is 6.24. The Labute approximate surface area is 98.1 Å². The molecule has 1 aliphatic heterocycles. The highest BCUT2D eigenvalue weighted by atomic mass is 16.5. The maximum Gasteiger partial charge on any atom is 0.137 e. The van der Waals surface area contributed by atoms with Crippen molar-refractivity contribution in [1.29, 1.82) is 0 Å². The summed E-state index contributed by atoms with van der Waals surface area (Å²) in [5.41, 5.74) is 0.108. The SMILES string of the molecule is CN(C)CCC(=O)C1CCOC2(CCC2)C1. The molecular formula is C13H23NO2. The summed E-state index contributed by atoms with van der Waals surface area (Å²) in [5, 5.41) is 0. The zero-order valence-electron chi connectivity index (χ0n) is 10.5. The minimum absolute atomic E-state index is 0.108. The van der Waals surface area contributed by atoms with E-state index in [1.54, 1.807) is 0 Å². The second-order valence-corrected chi connectivity index (χ2v) is 5.59. The molecule has 0 N–H and O–H groups in total. The Morgan fingerprint density at radius 2 is 2.19 bits per heavy atom. The maximum absolute atomic E-state index is 12.0. The van der Waals surface area contributed by atoms with Gasteiger partial charge in [0.25, 0.3) is 0 Å². The van der Waals surface area contributed by atoms with E-state index in [0.29, 0.717) is 12.2 Å².